The summed E-state index contributed by atoms with van der Waals surface area (Å²) in [6.07, 6.45) is 1.32. The standard InChI is InChI=1S/C20H15F4N3O2S/c1-20(30(28,29)27-8-6-12-3-2-7-25-19(12)27)10-13(9-14(21)11-20)16-5-4-15(22)17(26-16)18(23)24/h2-9,11,18H,10H2,1H3. The lowest BCUT2D eigenvalue weighted by Crippen LogP contribution is -2.39. The van der Waals surface area contributed by atoms with Crippen molar-refractivity contribution < 1.29 is 26.0 Å². The zero-order valence-electron chi connectivity index (χ0n) is 15.6. The summed E-state index contributed by atoms with van der Waals surface area (Å²) in [6.45, 7) is 1.32. The fourth-order valence-corrected chi connectivity index (χ4v) is 5.11. The molecule has 4 rings (SSSR count). The van der Waals surface area contributed by atoms with Gasteiger partial charge in [-0.2, -0.15) is 0 Å². The summed E-state index contributed by atoms with van der Waals surface area (Å²) >= 11 is 0. The van der Waals surface area contributed by atoms with Crippen LogP contribution in [0.25, 0.3) is 16.6 Å². The molecule has 0 N–H and O–H groups in total. The number of rotatable bonds is 4. The molecule has 30 heavy (non-hydrogen) atoms. The second-order valence-electron chi connectivity index (χ2n) is 7.09. The van der Waals surface area contributed by atoms with E-state index in [4.69, 9.17) is 0 Å². The highest BCUT2D eigenvalue weighted by molar-refractivity contribution is 7.91. The van der Waals surface area contributed by atoms with Crippen LogP contribution in [0.2, 0.25) is 0 Å². The van der Waals surface area contributed by atoms with Gasteiger partial charge in [-0.05, 0) is 61.4 Å². The van der Waals surface area contributed by atoms with Crippen molar-refractivity contribution in [2.24, 2.45) is 0 Å². The Labute approximate surface area is 169 Å². The van der Waals surface area contributed by atoms with Gasteiger partial charge in [-0.1, -0.05) is 0 Å². The monoisotopic (exact) mass is 437 g/mol. The van der Waals surface area contributed by atoms with Gasteiger partial charge in [0.1, 0.15) is 16.3 Å². The fourth-order valence-electron chi connectivity index (χ4n) is 3.46. The highest BCUT2D eigenvalue weighted by Crippen LogP contribution is 2.39. The molecule has 3 heterocycles. The first kappa shape index (κ1) is 20.3. The van der Waals surface area contributed by atoms with Crippen LogP contribution in [-0.2, 0) is 10.0 Å². The van der Waals surface area contributed by atoms with Crippen LogP contribution in [0.4, 0.5) is 17.6 Å². The minimum atomic E-state index is -4.21. The number of nitrogens with zero attached hydrogens (tertiary/aromatic N) is 3. The Kier molecular flexibility index (Phi) is 4.76. The Bertz CT molecular complexity index is 1310. The number of hydrogen-bond acceptors (Lipinski definition) is 4. The predicted octanol–water partition coefficient (Wildman–Crippen LogP) is 4.79. The van der Waals surface area contributed by atoms with Crippen LogP contribution in [0.3, 0.4) is 0 Å². The highest BCUT2D eigenvalue weighted by Gasteiger charge is 2.43. The van der Waals surface area contributed by atoms with Gasteiger partial charge in [0.15, 0.2) is 11.5 Å². The summed E-state index contributed by atoms with van der Waals surface area (Å²) in [4.78, 5) is 7.68. The molecular formula is C20H15F4N3O2S. The van der Waals surface area contributed by atoms with Gasteiger partial charge in [-0.3, -0.25) is 0 Å². The van der Waals surface area contributed by atoms with E-state index in [0.717, 1.165) is 28.3 Å². The minimum Gasteiger partial charge on any atom is -0.244 e. The maximum Gasteiger partial charge on any atom is 0.283 e. The second-order valence-corrected chi connectivity index (χ2v) is 9.36. The van der Waals surface area contributed by atoms with Gasteiger partial charge >= 0.3 is 0 Å². The van der Waals surface area contributed by atoms with Gasteiger partial charge in [-0.15, -0.1) is 0 Å². The Balaban J connectivity index is 1.79. The van der Waals surface area contributed by atoms with Crippen LogP contribution in [0.15, 0.2) is 60.7 Å². The molecule has 156 valence electrons. The molecule has 0 fully saturated rings. The molecule has 0 aromatic carbocycles. The molecular weight excluding hydrogens is 422 g/mol. The van der Waals surface area contributed by atoms with E-state index >= 15 is 0 Å². The van der Waals surface area contributed by atoms with E-state index in [0.29, 0.717) is 5.39 Å². The number of aromatic nitrogens is 3. The molecule has 1 unspecified atom stereocenters. The number of alkyl halides is 2. The van der Waals surface area contributed by atoms with Gasteiger partial charge < -0.3 is 0 Å². The summed E-state index contributed by atoms with van der Waals surface area (Å²) < 4.78 is 80.1. The molecule has 0 spiro atoms. The summed E-state index contributed by atoms with van der Waals surface area (Å²) in [7, 11) is -4.21. The zero-order chi connectivity index (χ0) is 21.7. The van der Waals surface area contributed by atoms with E-state index in [1.54, 1.807) is 18.2 Å². The van der Waals surface area contributed by atoms with E-state index in [9.17, 15) is 26.0 Å². The lowest BCUT2D eigenvalue weighted by molar-refractivity contribution is 0.140. The third-order valence-corrected chi connectivity index (χ3v) is 7.22. The average Bonchev–Trinajstić information content (AvgIpc) is 3.12. The molecule has 1 atom stereocenters. The number of hydrogen-bond donors (Lipinski definition) is 0. The lowest BCUT2D eigenvalue weighted by Gasteiger charge is -2.30. The van der Waals surface area contributed by atoms with Crippen molar-refractivity contribution in [1.82, 2.24) is 13.9 Å². The average molecular weight is 437 g/mol. The molecule has 1 aliphatic rings. The zero-order valence-corrected chi connectivity index (χ0v) is 16.4. The van der Waals surface area contributed by atoms with Crippen LogP contribution in [-0.4, -0.2) is 27.1 Å². The number of fused-ring (bicyclic) bond motifs is 1. The SMILES string of the molecule is CC1(S(=O)(=O)n2ccc3cccnc32)C=C(F)C=C(c2ccc(F)c(C(F)F)n2)C1. The topological polar surface area (TPSA) is 64.8 Å². The van der Waals surface area contributed by atoms with Crippen LogP contribution in [0, 0.1) is 5.82 Å². The van der Waals surface area contributed by atoms with Gasteiger partial charge in [0.2, 0.25) is 10.0 Å². The smallest absolute Gasteiger partial charge is 0.244 e. The van der Waals surface area contributed by atoms with E-state index in [2.05, 4.69) is 9.97 Å². The third-order valence-electron chi connectivity index (χ3n) is 4.97. The van der Waals surface area contributed by atoms with Gasteiger partial charge in [0.25, 0.3) is 6.43 Å². The minimum absolute atomic E-state index is 0.0624. The predicted molar refractivity (Wildman–Crippen MR) is 103 cm³/mol. The molecule has 0 saturated carbocycles. The van der Waals surface area contributed by atoms with Crippen molar-refractivity contribution in [1.29, 1.82) is 0 Å². The molecule has 10 heteroatoms. The third kappa shape index (κ3) is 3.20. The molecule has 0 amide bonds. The lowest BCUT2D eigenvalue weighted by atomic mass is 9.92. The van der Waals surface area contributed by atoms with Crippen molar-refractivity contribution in [3.8, 4) is 0 Å². The number of halogens is 4. The molecule has 3 aromatic rings. The van der Waals surface area contributed by atoms with Crippen molar-refractivity contribution in [2.45, 2.75) is 24.5 Å². The van der Waals surface area contributed by atoms with Crippen LogP contribution in [0.5, 0.6) is 0 Å². The Morgan fingerprint density at radius 1 is 1.17 bits per heavy atom. The van der Waals surface area contributed by atoms with Crippen molar-refractivity contribution in [3.63, 3.8) is 0 Å². The molecule has 0 aliphatic heterocycles. The van der Waals surface area contributed by atoms with Crippen molar-refractivity contribution in [2.75, 3.05) is 0 Å². The van der Waals surface area contributed by atoms with Gasteiger partial charge in [0.05, 0.1) is 5.69 Å². The van der Waals surface area contributed by atoms with E-state index in [1.807, 2.05) is 0 Å². The van der Waals surface area contributed by atoms with Crippen LogP contribution in [0.1, 0.15) is 31.2 Å². The maximum atomic E-state index is 14.5. The first-order valence-corrected chi connectivity index (χ1v) is 10.3. The Morgan fingerprint density at radius 2 is 1.93 bits per heavy atom. The Morgan fingerprint density at radius 3 is 2.67 bits per heavy atom. The quantitative estimate of drug-likeness (QED) is 0.551. The first-order valence-electron chi connectivity index (χ1n) is 8.83. The van der Waals surface area contributed by atoms with Gasteiger partial charge in [-0.25, -0.2) is 39.9 Å². The molecule has 5 nitrogen and oxygen atoms in total. The maximum absolute atomic E-state index is 14.5. The van der Waals surface area contributed by atoms with Gasteiger partial charge in [0, 0.05) is 17.8 Å². The molecule has 0 bridgehead atoms. The molecule has 3 aromatic heterocycles. The van der Waals surface area contributed by atoms with Crippen LogP contribution < -0.4 is 0 Å². The normalized spacial score (nSPS) is 19.8. The second kappa shape index (κ2) is 7.05. The molecule has 0 saturated heterocycles. The molecule has 1 aliphatic carbocycles. The first-order chi connectivity index (χ1) is 14.1. The van der Waals surface area contributed by atoms with Crippen molar-refractivity contribution >= 4 is 26.6 Å². The summed E-state index contributed by atoms with van der Waals surface area (Å²) in [5.41, 5.74) is -0.948. The molecule has 0 radical (unpaired) electrons. The highest BCUT2D eigenvalue weighted by atomic mass is 32.2. The van der Waals surface area contributed by atoms with Crippen molar-refractivity contribution in [3.05, 3.63) is 77.9 Å². The summed E-state index contributed by atoms with van der Waals surface area (Å²) in [5, 5.41) is 0.586. The Hall–Kier alpha value is -3.01. The van der Waals surface area contributed by atoms with Crippen LogP contribution >= 0.6 is 0 Å². The van der Waals surface area contributed by atoms with E-state index < -0.39 is 38.5 Å². The van der Waals surface area contributed by atoms with E-state index in [1.165, 1.54) is 19.3 Å². The van der Waals surface area contributed by atoms with E-state index in [-0.39, 0.29) is 23.3 Å². The fraction of sp³-hybridized carbons (Fsp3) is 0.200. The summed E-state index contributed by atoms with van der Waals surface area (Å²) in [6, 6.07) is 6.83. The number of allylic oxidation sites excluding steroid dienone is 3. The number of pyridine rings is 2. The summed E-state index contributed by atoms with van der Waals surface area (Å²) in [5.74, 6) is -2.06. The largest absolute Gasteiger partial charge is 0.283 e.